The second kappa shape index (κ2) is 6.77. The van der Waals surface area contributed by atoms with Gasteiger partial charge in [-0.05, 0) is 24.6 Å². The van der Waals surface area contributed by atoms with Crippen molar-refractivity contribution in [3.63, 3.8) is 0 Å². The van der Waals surface area contributed by atoms with Crippen LogP contribution in [0.1, 0.15) is 13.3 Å². The lowest BCUT2D eigenvalue weighted by Crippen LogP contribution is -2.06. The highest BCUT2D eigenvalue weighted by atomic mass is 35.5. The molecular weight excluding hydrogens is 297 g/mol. The van der Waals surface area contributed by atoms with Gasteiger partial charge in [0, 0.05) is 17.1 Å². The Hall–Kier alpha value is -1.52. The predicted octanol–water partition coefficient (Wildman–Crippen LogP) is 4.28. The summed E-state index contributed by atoms with van der Waals surface area (Å²) in [7, 11) is 1.59. The van der Waals surface area contributed by atoms with Crippen LogP contribution in [0.3, 0.4) is 0 Å². The zero-order chi connectivity index (χ0) is 14.5. The lowest BCUT2D eigenvalue weighted by Gasteiger charge is -2.13. The van der Waals surface area contributed by atoms with Gasteiger partial charge < -0.3 is 10.1 Å². The second-order valence-electron chi connectivity index (χ2n) is 4.16. The maximum atomic E-state index is 6.23. The normalized spacial score (nSPS) is 10.4. The molecule has 1 aromatic heterocycles. The minimum atomic E-state index is 0.524. The van der Waals surface area contributed by atoms with Crippen LogP contribution in [0.5, 0.6) is 5.75 Å². The molecule has 2 aromatic rings. The van der Waals surface area contributed by atoms with Crippen LogP contribution in [0.2, 0.25) is 10.0 Å². The van der Waals surface area contributed by atoms with E-state index >= 15 is 0 Å². The lowest BCUT2D eigenvalue weighted by molar-refractivity contribution is 0.414. The number of methoxy groups -OCH3 is 1. The van der Waals surface area contributed by atoms with E-state index in [4.69, 9.17) is 27.9 Å². The van der Waals surface area contributed by atoms with Gasteiger partial charge in [0.1, 0.15) is 12.0 Å². The molecule has 0 bridgehead atoms. The van der Waals surface area contributed by atoms with Crippen LogP contribution in [-0.2, 0) is 0 Å². The molecule has 0 spiro atoms. The van der Waals surface area contributed by atoms with Gasteiger partial charge in [0.2, 0.25) is 0 Å². The van der Waals surface area contributed by atoms with Crippen molar-refractivity contribution in [2.45, 2.75) is 13.3 Å². The van der Waals surface area contributed by atoms with Crippen LogP contribution in [0.25, 0.3) is 11.3 Å². The molecule has 4 nitrogen and oxygen atoms in total. The van der Waals surface area contributed by atoms with E-state index in [2.05, 4.69) is 22.2 Å². The average Bonchev–Trinajstić information content (AvgIpc) is 2.44. The summed E-state index contributed by atoms with van der Waals surface area (Å²) >= 11 is 12.1. The third-order valence-corrected chi connectivity index (χ3v) is 3.28. The summed E-state index contributed by atoms with van der Waals surface area (Å²) in [5.41, 5.74) is 1.40. The van der Waals surface area contributed by atoms with E-state index in [1.165, 1.54) is 6.33 Å². The zero-order valence-electron chi connectivity index (χ0n) is 11.3. The molecule has 1 N–H and O–H groups in total. The number of hydrogen-bond donors (Lipinski definition) is 1. The number of hydrogen-bond acceptors (Lipinski definition) is 4. The maximum absolute atomic E-state index is 6.23. The van der Waals surface area contributed by atoms with E-state index in [0.717, 1.165) is 18.5 Å². The van der Waals surface area contributed by atoms with E-state index in [1.807, 2.05) is 6.07 Å². The molecular formula is C14H15Cl2N3O. The van der Waals surface area contributed by atoms with Crippen LogP contribution in [0, 0.1) is 0 Å². The smallest absolute Gasteiger partial charge is 0.187 e. The van der Waals surface area contributed by atoms with Crippen LogP contribution in [0.15, 0.2) is 24.5 Å². The van der Waals surface area contributed by atoms with Crippen molar-refractivity contribution in [1.29, 1.82) is 0 Å². The molecule has 0 aliphatic heterocycles. The largest absolute Gasteiger partial charge is 0.491 e. The Morgan fingerprint density at radius 3 is 2.70 bits per heavy atom. The van der Waals surface area contributed by atoms with Crippen molar-refractivity contribution in [3.8, 4) is 17.0 Å². The SMILES string of the molecule is CCCNc1ncnc(-c2ccc(Cl)cc2Cl)c1OC. The first kappa shape index (κ1) is 14.9. The molecule has 1 heterocycles. The first-order valence-corrected chi connectivity index (χ1v) is 7.01. The van der Waals surface area contributed by atoms with Gasteiger partial charge in [0.15, 0.2) is 11.6 Å². The molecule has 20 heavy (non-hydrogen) atoms. The molecule has 0 fully saturated rings. The minimum Gasteiger partial charge on any atom is -0.491 e. The summed E-state index contributed by atoms with van der Waals surface area (Å²) in [5, 5.41) is 4.31. The van der Waals surface area contributed by atoms with Crippen LogP contribution in [0.4, 0.5) is 5.82 Å². The first-order valence-electron chi connectivity index (χ1n) is 6.25. The number of rotatable bonds is 5. The van der Waals surface area contributed by atoms with Crippen molar-refractivity contribution in [2.24, 2.45) is 0 Å². The Balaban J connectivity index is 2.50. The van der Waals surface area contributed by atoms with E-state index in [0.29, 0.717) is 27.3 Å². The predicted molar refractivity (Wildman–Crippen MR) is 82.8 cm³/mol. The third-order valence-electron chi connectivity index (χ3n) is 2.74. The fourth-order valence-electron chi connectivity index (χ4n) is 1.81. The minimum absolute atomic E-state index is 0.524. The van der Waals surface area contributed by atoms with Gasteiger partial charge >= 0.3 is 0 Å². The highest BCUT2D eigenvalue weighted by Crippen LogP contribution is 2.37. The van der Waals surface area contributed by atoms with Gasteiger partial charge in [-0.2, -0.15) is 0 Å². The molecule has 6 heteroatoms. The first-order chi connectivity index (χ1) is 9.67. The molecule has 0 atom stereocenters. The van der Waals surface area contributed by atoms with Crippen LogP contribution < -0.4 is 10.1 Å². The van der Waals surface area contributed by atoms with E-state index < -0.39 is 0 Å². The number of halogens is 2. The zero-order valence-corrected chi connectivity index (χ0v) is 12.8. The van der Waals surface area contributed by atoms with Crippen molar-refractivity contribution in [1.82, 2.24) is 9.97 Å². The Bertz CT molecular complexity index is 605. The number of aromatic nitrogens is 2. The highest BCUT2D eigenvalue weighted by molar-refractivity contribution is 6.36. The Morgan fingerprint density at radius 1 is 1.25 bits per heavy atom. The topological polar surface area (TPSA) is 47.0 Å². The number of ether oxygens (including phenoxy) is 1. The molecule has 2 rings (SSSR count). The fourth-order valence-corrected chi connectivity index (χ4v) is 2.31. The summed E-state index contributed by atoms with van der Waals surface area (Å²) in [5.74, 6) is 1.23. The molecule has 0 amide bonds. The summed E-state index contributed by atoms with van der Waals surface area (Å²) < 4.78 is 5.43. The molecule has 1 aromatic carbocycles. The van der Waals surface area contributed by atoms with Gasteiger partial charge in [-0.15, -0.1) is 0 Å². The van der Waals surface area contributed by atoms with Gasteiger partial charge in [-0.1, -0.05) is 30.1 Å². The van der Waals surface area contributed by atoms with E-state index in [-0.39, 0.29) is 0 Å². The van der Waals surface area contributed by atoms with Crippen molar-refractivity contribution >= 4 is 29.0 Å². The molecule has 0 aliphatic rings. The van der Waals surface area contributed by atoms with Gasteiger partial charge in [0.05, 0.1) is 12.1 Å². The molecule has 0 unspecified atom stereocenters. The highest BCUT2D eigenvalue weighted by Gasteiger charge is 2.16. The van der Waals surface area contributed by atoms with E-state index in [9.17, 15) is 0 Å². The summed E-state index contributed by atoms with van der Waals surface area (Å²) in [4.78, 5) is 8.48. The van der Waals surface area contributed by atoms with Gasteiger partial charge in [0.25, 0.3) is 0 Å². The number of anilines is 1. The van der Waals surface area contributed by atoms with Crippen molar-refractivity contribution < 1.29 is 4.74 Å². The van der Waals surface area contributed by atoms with Gasteiger partial charge in [-0.3, -0.25) is 0 Å². The molecule has 0 aliphatic carbocycles. The summed E-state index contributed by atoms with van der Waals surface area (Å²) in [6, 6.07) is 5.27. The number of nitrogens with one attached hydrogen (secondary N) is 1. The molecule has 0 saturated carbocycles. The van der Waals surface area contributed by atoms with E-state index in [1.54, 1.807) is 19.2 Å². The summed E-state index contributed by atoms with van der Waals surface area (Å²) in [6.07, 6.45) is 2.48. The molecule has 0 saturated heterocycles. The van der Waals surface area contributed by atoms with Crippen molar-refractivity contribution in [2.75, 3.05) is 19.0 Å². The van der Waals surface area contributed by atoms with Crippen molar-refractivity contribution in [3.05, 3.63) is 34.6 Å². The number of benzene rings is 1. The second-order valence-corrected chi connectivity index (χ2v) is 5.00. The Kier molecular flexibility index (Phi) is 5.04. The molecule has 106 valence electrons. The van der Waals surface area contributed by atoms with Gasteiger partial charge in [-0.25, -0.2) is 9.97 Å². The monoisotopic (exact) mass is 311 g/mol. The Morgan fingerprint density at radius 2 is 2.05 bits per heavy atom. The van der Waals surface area contributed by atoms with Crippen LogP contribution >= 0.6 is 23.2 Å². The third kappa shape index (κ3) is 3.14. The fraction of sp³-hybridized carbons (Fsp3) is 0.286. The maximum Gasteiger partial charge on any atom is 0.187 e. The number of nitrogens with zero attached hydrogens (tertiary/aromatic N) is 2. The average molecular weight is 312 g/mol. The Labute approximate surface area is 128 Å². The quantitative estimate of drug-likeness (QED) is 0.895. The summed E-state index contributed by atoms with van der Waals surface area (Å²) in [6.45, 7) is 2.89. The molecule has 0 radical (unpaired) electrons. The van der Waals surface area contributed by atoms with Crippen LogP contribution in [-0.4, -0.2) is 23.6 Å². The standard InChI is InChI=1S/C14H15Cl2N3O/c1-3-6-17-14-13(20-2)12(18-8-19-14)10-5-4-9(15)7-11(10)16/h4-5,7-8H,3,6H2,1-2H3,(H,17,18,19). The lowest BCUT2D eigenvalue weighted by atomic mass is 10.1.